The molecule has 10 aromatic carbocycles. The van der Waals surface area contributed by atoms with E-state index in [-0.39, 0.29) is 21.7 Å². The van der Waals surface area contributed by atoms with Gasteiger partial charge in [0.1, 0.15) is 11.2 Å². The first kappa shape index (κ1) is 12.5. The second-order valence-corrected chi connectivity index (χ2v) is 11.8. The summed E-state index contributed by atoms with van der Waals surface area (Å²) < 4.78 is 271. The zero-order chi connectivity index (χ0) is 59.6. The van der Waals surface area contributed by atoms with Gasteiger partial charge >= 0.3 is 0 Å². The van der Waals surface area contributed by atoms with Gasteiger partial charge in [-0.1, -0.05) is 145 Å². The lowest BCUT2D eigenvalue weighted by atomic mass is 9.84. The molecule has 0 saturated heterocycles. The second kappa shape index (κ2) is 11.2. The zero-order valence-electron chi connectivity index (χ0n) is 55.4. The lowest BCUT2D eigenvalue weighted by molar-refractivity contribution is 0.669. The molecule has 242 valence electrons. The van der Waals surface area contributed by atoms with Crippen molar-refractivity contribution in [3.05, 3.63) is 181 Å². The number of rotatable bonds is 3. The fraction of sp³-hybridized carbons (Fsp3) is 0.0196. The molecule has 1 nitrogen and oxygen atoms in total. The molecule has 52 heavy (non-hydrogen) atoms. The van der Waals surface area contributed by atoms with Crippen molar-refractivity contribution in [1.29, 1.82) is 0 Å². The normalized spacial score (nSPS) is 19.8. The minimum atomic E-state index is -1.10. The summed E-state index contributed by atoms with van der Waals surface area (Å²) in [5.74, 6) is 0. The number of fused-ring (bicyclic) bond motifs is 9. The molecule has 1 heterocycles. The highest BCUT2D eigenvalue weighted by Crippen LogP contribution is 2.47. The van der Waals surface area contributed by atoms with E-state index in [0.717, 1.165) is 0 Å². The van der Waals surface area contributed by atoms with E-state index in [1.54, 1.807) is 0 Å². The Labute approximate surface area is 341 Å². The van der Waals surface area contributed by atoms with Gasteiger partial charge in [-0.2, -0.15) is 0 Å². The Balaban J connectivity index is 1.41. The molecular formula is C51H32O. The molecule has 0 aliphatic carbocycles. The maximum Gasteiger partial charge on any atom is 0.136 e. The molecule has 0 radical (unpaired) electrons. The molecule has 0 N–H and O–H groups in total. The Morgan fingerprint density at radius 1 is 0.365 bits per heavy atom. The molecule has 0 bridgehead atoms. The van der Waals surface area contributed by atoms with Crippen LogP contribution in [0.15, 0.2) is 180 Å². The van der Waals surface area contributed by atoms with Crippen molar-refractivity contribution in [3.63, 3.8) is 0 Å². The van der Waals surface area contributed by atoms with Gasteiger partial charge in [-0.25, -0.2) is 0 Å². The quantitative estimate of drug-likeness (QED) is 0.133. The fourth-order valence-electron chi connectivity index (χ4n) is 6.67. The topological polar surface area (TPSA) is 13.1 Å². The van der Waals surface area contributed by atoms with E-state index in [0.29, 0.717) is 0 Å². The third-order valence-electron chi connectivity index (χ3n) is 8.89. The molecular weight excluding hydrogens is 629 g/mol. The molecule has 0 unspecified atom stereocenters. The molecule has 0 aliphatic heterocycles. The summed E-state index contributed by atoms with van der Waals surface area (Å²) in [5, 5.41) is -6.63. The van der Waals surface area contributed by atoms with Gasteiger partial charge in [0.2, 0.25) is 0 Å². The fourth-order valence-corrected chi connectivity index (χ4v) is 6.67. The van der Waals surface area contributed by atoms with Crippen LogP contribution in [-0.2, 0) is 0 Å². The average molecular weight is 690 g/mol. The lowest BCUT2D eigenvalue weighted by Crippen LogP contribution is -1.91. The summed E-state index contributed by atoms with van der Waals surface area (Å²) in [5.41, 5.74) is -6.14. The Hall–Kier alpha value is -6.70. The summed E-state index contributed by atoms with van der Waals surface area (Å²) in [4.78, 5) is 0. The van der Waals surface area contributed by atoms with Crippen LogP contribution in [0.3, 0.4) is 0 Å². The predicted molar refractivity (Wildman–Crippen MR) is 222 cm³/mol. The highest BCUT2D eigenvalue weighted by Gasteiger charge is 2.21. The molecule has 0 amide bonds. The van der Waals surface area contributed by atoms with Crippen molar-refractivity contribution in [2.75, 3.05) is 0 Å². The third kappa shape index (κ3) is 4.30. The van der Waals surface area contributed by atoms with Crippen LogP contribution < -0.4 is 0 Å². The van der Waals surface area contributed by atoms with Gasteiger partial charge in [0.15, 0.2) is 0 Å². The largest absolute Gasteiger partial charge is 0.456 e. The van der Waals surface area contributed by atoms with Gasteiger partial charge in [-0.3, -0.25) is 0 Å². The molecule has 0 aliphatic rings. The van der Waals surface area contributed by atoms with Gasteiger partial charge in [0.05, 0.1) is 39.8 Å². The van der Waals surface area contributed by atoms with E-state index in [1.165, 1.54) is 6.92 Å². The van der Waals surface area contributed by atoms with E-state index >= 15 is 0 Å². The van der Waals surface area contributed by atoms with Crippen LogP contribution >= 0.6 is 0 Å². The van der Waals surface area contributed by atoms with Crippen LogP contribution in [0, 0.1) is 6.92 Å². The van der Waals surface area contributed by atoms with E-state index < -0.39 is 268 Å². The molecule has 0 saturated carbocycles. The first-order chi connectivity index (χ1) is 37.8. The van der Waals surface area contributed by atoms with Crippen molar-refractivity contribution in [2.24, 2.45) is 0 Å². The Morgan fingerprint density at radius 2 is 0.981 bits per heavy atom. The van der Waals surface area contributed by atoms with Gasteiger partial charge in [0.25, 0.3) is 0 Å². The molecule has 0 fully saturated rings. The average Bonchev–Trinajstić information content (AvgIpc) is 4.08. The Bertz CT molecular complexity index is 4840. The summed E-state index contributed by atoms with van der Waals surface area (Å²) >= 11 is 0. The molecule has 0 spiro atoms. The maximum absolute atomic E-state index is 9.98. The Morgan fingerprint density at radius 3 is 1.77 bits per heavy atom. The van der Waals surface area contributed by atoms with Crippen LogP contribution in [-0.4, -0.2) is 0 Å². The number of benzene rings is 10. The number of hydrogen-bond acceptors (Lipinski definition) is 1. The van der Waals surface area contributed by atoms with Gasteiger partial charge in [-0.15, -0.1) is 0 Å². The summed E-state index contributed by atoms with van der Waals surface area (Å²) in [6, 6.07) is -25.9. The number of aryl methyl sites for hydroxylation is 1. The van der Waals surface area contributed by atoms with Crippen molar-refractivity contribution < 1.29 is 44.2 Å². The van der Waals surface area contributed by atoms with Crippen molar-refractivity contribution in [2.45, 2.75) is 6.92 Å². The van der Waals surface area contributed by atoms with Crippen molar-refractivity contribution in [1.82, 2.24) is 0 Å². The van der Waals surface area contributed by atoms with E-state index in [1.807, 2.05) is 0 Å². The first-order valence-corrected chi connectivity index (χ1v) is 15.7. The minimum absolute atomic E-state index is 0.0445. The monoisotopic (exact) mass is 689 g/mol. The zero-order valence-corrected chi connectivity index (χ0v) is 26.4. The predicted octanol–water partition coefficient (Wildman–Crippen LogP) is 14.7. The smallest absolute Gasteiger partial charge is 0.136 e. The molecule has 11 rings (SSSR count). The van der Waals surface area contributed by atoms with Crippen LogP contribution in [0.5, 0.6) is 0 Å². The first-order valence-electron chi connectivity index (χ1n) is 30.2. The van der Waals surface area contributed by atoms with E-state index in [4.69, 9.17) is 25.0 Å². The highest BCUT2D eigenvalue weighted by molar-refractivity contribution is 6.26. The van der Waals surface area contributed by atoms with E-state index in [9.17, 15) is 19.2 Å². The summed E-state index contributed by atoms with van der Waals surface area (Å²) in [6.07, 6.45) is 0. The van der Waals surface area contributed by atoms with E-state index in [2.05, 4.69) is 0 Å². The summed E-state index contributed by atoms with van der Waals surface area (Å²) in [6.45, 7) is 1.35. The van der Waals surface area contributed by atoms with Gasteiger partial charge in [0, 0.05) is 10.8 Å². The molecule has 1 aromatic heterocycles. The van der Waals surface area contributed by atoms with Gasteiger partial charge < -0.3 is 4.42 Å². The van der Waals surface area contributed by atoms with Crippen molar-refractivity contribution >= 4 is 75.8 Å². The van der Waals surface area contributed by atoms with Crippen LogP contribution in [0.4, 0.5) is 0 Å². The summed E-state index contributed by atoms with van der Waals surface area (Å²) in [7, 11) is 0. The van der Waals surface area contributed by atoms with Crippen LogP contribution in [0.1, 0.15) is 45.3 Å². The van der Waals surface area contributed by atoms with Gasteiger partial charge in [-0.05, 0) is 130 Å². The maximum atomic E-state index is 9.98. The number of furan rings is 1. The van der Waals surface area contributed by atoms with Crippen LogP contribution in [0.2, 0.25) is 0 Å². The second-order valence-electron chi connectivity index (χ2n) is 11.8. The van der Waals surface area contributed by atoms with Crippen LogP contribution in [0.25, 0.3) is 109 Å². The highest BCUT2D eigenvalue weighted by atomic mass is 16.3. The molecule has 11 aromatic rings. The standard InChI is InChI=1S/C51H32O/c1-31-11-8-14-32-23-24-37-27-36(25-26-39(37)48(31)32)33-15-9-16-38(28-33)49-40-17-4-6-19-42(40)50(43-20-7-5-18-41(43)49)44-21-10-22-46-51(44)45-29-34-12-2-3-13-35(34)30-47(45)52-46/h2-30H,1H3/i2D,3D,4D,5D,6D,7D,8D,9D,10D,11D,12D,13D,14D,15D,16D,17D,18D,19D,20D,21D,22D,23D,24D,25D,26D,27D,28D,29D,30D. The SMILES string of the molecule is [2H]c1c([2H])c(-c2c([2H])c([2H])c3c(c2[2H])c([2H])c([2H])c2c([2H])c([2H])c([2H])c(C)c23)c([2H])c(-c2c3c([2H])c([2H])c([2H])c([2H])c3c(-c3c([2H])c([2H])c([2H])c4oc5c([2H])c6c([2H])c([2H])c([2H])c([2H])c6c([2H])c5c34)c3c([2H])c([2H])c([2H])c([2H])c23)c1[2H]. The Kier molecular flexibility index (Phi) is 2.68. The molecule has 1 heteroatoms. The third-order valence-corrected chi connectivity index (χ3v) is 8.89. The van der Waals surface area contributed by atoms with Crippen molar-refractivity contribution in [3.8, 4) is 33.4 Å². The minimum Gasteiger partial charge on any atom is -0.456 e. The lowest BCUT2D eigenvalue weighted by Gasteiger charge is -2.18. The molecule has 0 atom stereocenters. The number of hydrogen-bond donors (Lipinski definition) is 0.